The van der Waals surface area contributed by atoms with Crippen molar-refractivity contribution in [1.82, 2.24) is 15.5 Å². The molecule has 0 heterocycles. The van der Waals surface area contributed by atoms with Crippen molar-refractivity contribution in [1.29, 1.82) is 0 Å². The first-order valence-corrected chi connectivity index (χ1v) is 13.1. The highest BCUT2D eigenvalue weighted by Gasteiger charge is 2.40. The summed E-state index contributed by atoms with van der Waals surface area (Å²) in [5.74, 6) is -0.707. The SMILES string of the molecule is CCC(C)C(NC(=O)OC(C)(C)C)C(=O)N(C(C)CC)C(C(=O)NC(C)(C)C)c1cc(C)cc(C)c1. The number of benzene rings is 1. The standard InChI is InChI=1S/C29H49N3O4/c1-13-20(5)23(30-27(35)36-29(10,11)12)26(34)32(21(6)14-2)24(25(33)31-28(7,8)9)22-16-18(3)15-19(4)17-22/h15-17,20-21,23-24H,13-14H2,1-12H3,(H,30,35)(H,31,33). The van der Waals surface area contributed by atoms with E-state index in [-0.39, 0.29) is 23.8 Å². The van der Waals surface area contributed by atoms with Crippen LogP contribution in [0.25, 0.3) is 0 Å². The van der Waals surface area contributed by atoms with Crippen LogP contribution in [0, 0.1) is 19.8 Å². The summed E-state index contributed by atoms with van der Waals surface area (Å²) in [6.07, 6.45) is 0.672. The Balaban J connectivity index is 3.67. The van der Waals surface area contributed by atoms with Gasteiger partial charge in [0.1, 0.15) is 17.7 Å². The van der Waals surface area contributed by atoms with Crippen LogP contribution in [0.15, 0.2) is 18.2 Å². The lowest BCUT2D eigenvalue weighted by atomic mass is 9.93. The number of carbonyl (C=O) groups is 3. The molecule has 0 aromatic heterocycles. The fourth-order valence-electron chi connectivity index (χ4n) is 4.12. The molecule has 0 aliphatic rings. The molecule has 1 aromatic rings. The van der Waals surface area contributed by atoms with Crippen molar-refractivity contribution >= 4 is 17.9 Å². The highest BCUT2D eigenvalue weighted by molar-refractivity contribution is 5.92. The van der Waals surface area contributed by atoms with Gasteiger partial charge in [-0.25, -0.2) is 4.79 Å². The van der Waals surface area contributed by atoms with Crippen LogP contribution in [0.3, 0.4) is 0 Å². The van der Waals surface area contributed by atoms with E-state index in [0.717, 1.165) is 16.7 Å². The Morgan fingerprint density at radius 3 is 1.86 bits per heavy atom. The van der Waals surface area contributed by atoms with Gasteiger partial charge in [-0.1, -0.05) is 56.5 Å². The maximum absolute atomic E-state index is 14.3. The van der Waals surface area contributed by atoms with Crippen molar-refractivity contribution in [3.8, 4) is 0 Å². The second-order valence-corrected chi connectivity index (χ2v) is 12.1. The molecule has 0 saturated heterocycles. The lowest BCUT2D eigenvalue weighted by Crippen LogP contribution is -2.58. The monoisotopic (exact) mass is 503 g/mol. The number of amides is 3. The van der Waals surface area contributed by atoms with E-state index in [2.05, 4.69) is 10.6 Å². The predicted octanol–water partition coefficient (Wildman–Crippen LogP) is 5.83. The highest BCUT2D eigenvalue weighted by atomic mass is 16.6. The normalized spacial score (nSPS) is 15.3. The van der Waals surface area contributed by atoms with Crippen LogP contribution in [0.4, 0.5) is 4.79 Å². The molecule has 0 radical (unpaired) electrons. The molecular weight excluding hydrogens is 454 g/mol. The third kappa shape index (κ3) is 9.47. The number of alkyl carbamates (subject to hydrolysis) is 1. The quantitative estimate of drug-likeness (QED) is 0.444. The molecule has 0 aliphatic carbocycles. The first kappa shape index (κ1) is 31.5. The number of nitrogens with zero attached hydrogens (tertiary/aromatic N) is 1. The maximum Gasteiger partial charge on any atom is 0.408 e. The van der Waals surface area contributed by atoms with Gasteiger partial charge in [0.05, 0.1) is 0 Å². The Hall–Kier alpha value is -2.57. The fraction of sp³-hybridized carbons (Fsp3) is 0.690. The average molecular weight is 504 g/mol. The van der Waals surface area contributed by atoms with Crippen molar-refractivity contribution in [2.45, 2.75) is 125 Å². The summed E-state index contributed by atoms with van der Waals surface area (Å²) in [5, 5.41) is 5.90. The largest absolute Gasteiger partial charge is 0.444 e. The Morgan fingerprint density at radius 2 is 1.44 bits per heavy atom. The van der Waals surface area contributed by atoms with Gasteiger partial charge in [0.25, 0.3) is 0 Å². The number of hydrogen-bond donors (Lipinski definition) is 2. The van der Waals surface area contributed by atoms with Gasteiger partial charge >= 0.3 is 6.09 Å². The average Bonchev–Trinajstić information content (AvgIpc) is 2.70. The molecule has 3 amide bonds. The molecule has 0 aliphatic heterocycles. The molecule has 4 atom stereocenters. The summed E-state index contributed by atoms with van der Waals surface area (Å²) in [7, 11) is 0. The van der Waals surface area contributed by atoms with Gasteiger partial charge in [0, 0.05) is 11.6 Å². The zero-order valence-electron chi connectivity index (χ0n) is 24.5. The summed E-state index contributed by atoms with van der Waals surface area (Å²) in [6.45, 7) is 22.9. The molecule has 1 aromatic carbocycles. The van der Waals surface area contributed by atoms with Gasteiger partial charge in [-0.15, -0.1) is 0 Å². The van der Waals surface area contributed by atoms with Crippen LogP contribution in [0.5, 0.6) is 0 Å². The van der Waals surface area contributed by atoms with Crippen LogP contribution in [-0.4, -0.2) is 46.0 Å². The van der Waals surface area contributed by atoms with Crippen LogP contribution in [-0.2, 0) is 14.3 Å². The molecule has 0 spiro atoms. The molecule has 204 valence electrons. The lowest BCUT2D eigenvalue weighted by molar-refractivity contribution is -0.146. The molecule has 36 heavy (non-hydrogen) atoms. The van der Waals surface area contributed by atoms with Crippen molar-refractivity contribution in [3.63, 3.8) is 0 Å². The molecule has 1 rings (SSSR count). The smallest absolute Gasteiger partial charge is 0.408 e. The van der Waals surface area contributed by atoms with Crippen LogP contribution in [0.2, 0.25) is 0 Å². The van der Waals surface area contributed by atoms with E-state index < -0.39 is 29.3 Å². The molecular formula is C29H49N3O4. The Labute approximate surface area is 218 Å². The number of carbonyl (C=O) groups excluding carboxylic acids is 3. The van der Waals surface area contributed by atoms with Gasteiger partial charge in [-0.3, -0.25) is 9.59 Å². The minimum Gasteiger partial charge on any atom is -0.444 e. The van der Waals surface area contributed by atoms with Gasteiger partial charge in [-0.2, -0.15) is 0 Å². The topological polar surface area (TPSA) is 87.7 Å². The minimum absolute atomic E-state index is 0.165. The van der Waals surface area contributed by atoms with E-state index >= 15 is 0 Å². The molecule has 7 heteroatoms. The minimum atomic E-state index is -0.850. The molecule has 7 nitrogen and oxygen atoms in total. The first-order chi connectivity index (χ1) is 16.4. The number of hydrogen-bond acceptors (Lipinski definition) is 4. The molecule has 0 bridgehead atoms. The summed E-state index contributed by atoms with van der Waals surface area (Å²) in [5.41, 5.74) is 1.60. The van der Waals surface area contributed by atoms with Crippen molar-refractivity contribution in [2.75, 3.05) is 0 Å². The van der Waals surface area contributed by atoms with E-state index in [9.17, 15) is 14.4 Å². The van der Waals surface area contributed by atoms with Crippen LogP contribution in [0.1, 0.15) is 105 Å². The maximum atomic E-state index is 14.3. The summed E-state index contributed by atoms with van der Waals surface area (Å²) in [6, 6.07) is 4.03. The van der Waals surface area contributed by atoms with E-state index in [1.165, 1.54) is 0 Å². The molecule has 4 unspecified atom stereocenters. The van der Waals surface area contributed by atoms with Gasteiger partial charge in [-0.05, 0) is 80.2 Å². The zero-order chi connectivity index (χ0) is 28.0. The second-order valence-electron chi connectivity index (χ2n) is 12.1. The van der Waals surface area contributed by atoms with Crippen LogP contribution < -0.4 is 10.6 Å². The van der Waals surface area contributed by atoms with E-state index in [4.69, 9.17) is 4.74 Å². The first-order valence-electron chi connectivity index (χ1n) is 13.1. The van der Waals surface area contributed by atoms with Crippen LogP contribution >= 0.6 is 0 Å². The Morgan fingerprint density at radius 1 is 0.917 bits per heavy atom. The summed E-state index contributed by atoms with van der Waals surface area (Å²) >= 11 is 0. The summed E-state index contributed by atoms with van der Waals surface area (Å²) in [4.78, 5) is 42.5. The lowest BCUT2D eigenvalue weighted by Gasteiger charge is -2.40. The van der Waals surface area contributed by atoms with E-state index in [1.54, 1.807) is 25.7 Å². The molecule has 0 saturated carbocycles. The highest BCUT2D eigenvalue weighted by Crippen LogP contribution is 2.29. The zero-order valence-corrected chi connectivity index (χ0v) is 24.5. The second kappa shape index (κ2) is 12.6. The third-order valence-corrected chi connectivity index (χ3v) is 6.06. The predicted molar refractivity (Wildman–Crippen MR) is 146 cm³/mol. The fourth-order valence-corrected chi connectivity index (χ4v) is 4.12. The third-order valence-electron chi connectivity index (χ3n) is 6.06. The van der Waals surface area contributed by atoms with E-state index in [1.807, 2.05) is 80.5 Å². The van der Waals surface area contributed by atoms with Gasteiger partial charge < -0.3 is 20.3 Å². The van der Waals surface area contributed by atoms with Crippen molar-refractivity contribution in [3.05, 3.63) is 34.9 Å². The number of nitrogens with one attached hydrogen (secondary N) is 2. The van der Waals surface area contributed by atoms with Gasteiger partial charge in [0.15, 0.2) is 0 Å². The summed E-state index contributed by atoms with van der Waals surface area (Å²) < 4.78 is 5.47. The number of ether oxygens (including phenoxy) is 1. The number of rotatable bonds is 9. The van der Waals surface area contributed by atoms with Crippen molar-refractivity contribution < 1.29 is 19.1 Å². The Bertz CT molecular complexity index is 894. The van der Waals surface area contributed by atoms with Crippen molar-refractivity contribution in [2.24, 2.45) is 5.92 Å². The number of aryl methyl sites for hydroxylation is 2. The molecule has 2 N–H and O–H groups in total. The molecule has 0 fully saturated rings. The van der Waals surface area contributed by atoms with E-state index in [0.29, 0.717) is 12.8 Å². The van der Waals surface area contributed by atoms with Gasteiger partial charge in [0.2, 0.25) is 11.8 Å². The Kier molecular flexibility index (Phi) is 11.0.